The Kier molecular flexibility index (Phi) is 7.91. The number of non-ortho nitro benzene ring substituents is 1. The van der Waals surface area contributed by atoms with Crippen LogP contribution in [0.5, 0.6) is 5.75 Å². The fourth-order valence-electron chi connectivity index (χ4n) is 5.19. The van der Waals surface area contributed by atoms with Gasteiger partial charge in [-0.2, -0.15) is 0 Å². The number of carbonyl (C=O) groups is 3. The highest BCUT2D eigenvalue weighted by atomic mass is 16.6. The molecule has 0 bridgehead atoms. The van der Waals surface area contributed by atoms with Crippen LogP contribution < -0.4 is 15.4 Å². The summed E-state index contributed by atoms with van der Waals surface area (Å²) in [5, 5.41) is 17.3. The molecule has 2 N–H and O–H groups in total. The van der Waals surface area contributed by atoms with E-state index in [0.29, 0.717) is 35.2 Å². The van der Waals surface area contributed by atoms with E-state index < -0.39 is 22.8 Å². The summed E-state index contributed by atoms with van der Waals surface area (Å²) in [4.78, 5) is 55.4. The quantitative estimate of drug-likeness (QED) is 0.197. The monoisotopic (exact) mass is 575 g/mol. The van der Waals surface area contributed by atoms with Crippen molar-refractivity contribution < 1.29 is 33.5 Å². The third kappa shape index (κ3) is 5.66. The summed E-state index contributed by atoms with van der Waals surface area (Å²) < 4.78 is 16.6. The van der Waals surface area contributed by atoms with E-state index in [2.05, 4.69) is 15.6 Å². The predicted octanol–water partition coefficient (Wildman–Crippen LogP) is 2.95. The molecule has 218 valence electrons. The van der Waals surface area contributed by atoms with E-state index in [4.69, 9.17) is 14.2 Å². The zero-order valence-corrected chi connectivity index (χ0v) is 23.3. The second kappa shape index (κ2) is 11.7. The Morgan fingerprint density at radius 3 is 2.48 bits per heavy atom. The van der Waals surface area contributed by atoms with Crippen LogP contribution in [0.15, 0.2) is 70.0 Å². The van der Waals surface area contributed by atoms with Gasteiger partial charge in [0.25, 0.3) is 5.69 Å². The lowest BCUT2D eigenvalue weighted by molar-refractivity contribution is -0.384. The van der Waals surface area contributed by atoms with Crippen LogP contribution in [-0.4, -0.2) is 60.0 Å². The largest absolute Gasteiger partial charge is 0.490 e. The van der Waals surface area contributed by atoms with Crippen molar-refractivity contribution in [1.29, 1.82) is 0 Å². The van der Waals surface area contributed by atoms with Gasteiger partial charge in [0, 0.05) is 35.6 Å². The second-order valence-electron chi connectivity index (χ2n) is 9.82. The van der Waals surface area contributed by atoms with Gasteiger partial charge in [0.15, 0.2) is 0 Å². The zero-order chi connectivity index (χ0) is 30.0. The summed E-state index contributed by atoms with van der Waals surface area (Å²) >= 11 is 0. The summed E-state index contributed by atoms with van der Waals surface area (Å²) in [7, 11) is 0. The first-order chi connectivity index (χ1) is 20.2. The lowest BCUT2D eigenvalue weighted by atomic mass is 9.80. The summed E-state index contributed by atoms with van der Waals surface area (Å²) in [5.41, 5.74) is 3.07. The Labute approximate surface area is 241 Å². The maximum absolute atomic E-state index is 13.4. The number of nitrogens with zero attached hydrogens (tertiary/aromatic N) is 3. The van der Waals surface area contributed by atoms with Crippen molar-refractivity contribution in [2.75, 3.05) is 26.4 Å². The number of hydrogen-bond donors (Lipinski definition) is 2. The lowest BCUT2D eigenvalue weighted by Gasteiger charge is -2.30. The van der Waals surface area contributed by atoms with E-state index in [0.717, 1.165) is 11.3 Å². The van der Waals surface area contributed by atoms with Gasteiger partial charge in [-0.05, 0) is 44.5 Å². The van der Waals surface area contributed by atoms with Crippen molar-refractivity contribution >= 4 is 35.2 Å². The van der Waals surface area contributed by atoms with Crippen LogP contribution in [-0.2, 0) is 30.4 Å². The van der Waals surface area contributed by atoms with Gasteiger partial charge in [-0.25, -0.2) is 14.6 Å². The molecule has 5 rings (SSSR count). The maximum atomic E-state index is 13.4. The Balaban J connectivity index is 1.30. The molecule has 0 spiro atoms. The summed E-state index contributed by atoms with van der Waals surface area (Å²) in [6, 6.07) is 11.2. The SMILES string of the molecule is CCOC(=O)C1=C(C)NC(C)=C(C(=O)OCCOc2ccc3c(c2)CN2CC(=O)NC2=N3)C1c1cccc([N+](=O)[O-])c1. The Morgan fingerprint density at radius 1 is 1.02 bits per heavy atom. The average molecular weight is 576 g/mol. The molecule has 1 amide bonds. The molecule has 1 fully saturated rings. The van der Waals surface area contributed by atoms with Gasteiger partial charge in [0.2, 0.25) is 11.9 Å². The van der Waals surface area contributed by atoms with E-state index in [9.17, 15) is 24.5 Å². The predicted molar refractivity (Wildman–Crippen MR) is 150 cm³/mol. The zero-order valence-electron chi connectivity index (χ0n) is 23.3. The molecule has 0 saturated carbocycles. The number of fused-ring (bicyclic) bond motifs is 2. The van der Waals surface area contributed by atoms with Gasteiger partial charge < -0.3 is 24.4 Å². The van der Waals surface area contributed by atoms with Crippen LogP contribution in [0, 0.1) is 10.1 Å². The number of aliphatic imine (C=N–C) groups is 1. The molecule has 2 aromatic carbocycles. The molecule has 42 heavy (non-hydrogen) atoms. The molecule has 3 heterocycles. The minimum absolute atomic E-state index is 0.0453. The fraction of sp³-hybridized carbons (Fsp3) is 0.310. The van der Waals surface area contributed by atoms with Crippen molar-refractivity contribution in [3.05, 3.63) is 86.2 Å². The molecule has 0 radical (unpaired) electrons. The first-order valence-electron chi connectivity index (χ1n) is 13.3. The number of esters is 2. The van der Waals surface area contributed by atoms with Gasteiger partial charge in [-0.1, -0.05) is 12.1 Å². The summed E-state index contributed by atoms with van der Waals surface area (Å²) in [5.74, 6) is -1.31. The standard InChI is InChI=1S/C29H29N5O8/c1-4-40-27(36)24-16(2)30-17(3)25(26(24)18-6-5-7-20(12-18)34(38)39)28(37)42-11-10-41-21-8-9-22-19(13-21)14-33-15-23(35)32-29(33)31-22/h5-9,12-13,26,30H,4,10-11,14-15H2,1-3H3,(H,31,32,35). The Hall–Kier alpha value is -5.20. The van der Waals surface area contributed by atoms with Crippen molar-refractivity contribution in [1.82, 2.24) is 15.5 Å². The highest BCUT2D eigenvalue weighted by Crippen LogP contribution is 2.40. The van der Waals surface area contributed by atoms with Crippen molar-refractivity contribution in [3.8, 4) is 5.75 Å². The van der Waals surface area contributed by atoms with Gasteiger partial charge in [-0.3, -0.25) is 20.2 Å². The minimum Gasteiger partial charge on any atom is -0.490 e. The van der Waals surface area contributed by atoms with Crippen LogP contribution in [0.2, 0.25) is 0 Å². The summed E-state index contributed by atoms with van der Waals surface area (Å²) in [6.07, 6.45) is 0. The number of rotatable bonds is 9. The Morgan fingerprint density at radius 2 is 1.76 bits per heavy atom. The van der Waals surface area contributed by atoms with Gasteiger partial charge in [0.1, 0.15) is 25.5 Å². The number of guanidine groups is 1. The van der Waals surface area contributed by atoms with E-state index in [1.807, 2.05) is 11.0 Å². The maximum Gasteiger partial charge on any atom is 0.336 e. The van der Waals surface area contributed by atoms with E-state index in [1.165, 1.54) is 18.2 Å². The molecule has 1 unspecified atom stereocenters. The summed E-state index contributed by atoms with van der Waals surface area (Å²) in [6.45, 7) is 5.83. The van der Waals surface area contributed by atoms with Gasteiger partial charge in [-0.15, -0.1) is 0 Å². The lowest BCUT2D eigenvalue weighted by Crippen LogP contribution is -2.33. The molecular weight excluding hydrogens is 546 g/mol. The second-order valence-corrected chi connectivity index (χ2v) is 9.82. The number of ether oxygens (including phenoxy) is 3. The van der Waals surface area contributed by atoms with E-state index >= 15 is 0 Å². The highest BCUT2D eigenvalue weighted by Gasteiger charge is 2.38. The number of amides is 1. The van der Waals surface area contributed by atoms with Crippen LogP contribution in [0.25, 0.3) is 0 Å². The van der Waals surface area contributed by atoms with Crippen LogP contribution >= 0.6 is 0 Å². The molecule has 3 aliphatic rings. The number of nitro benzene ring substituents is 1. The normalized spacial score (nSPS) is 17.5. The first-order valence-corrected chi connectivity index (χ1v) is 13.3. The van der Waals surface area contributed by atoms with Gasteiger partial charge in [0.05, 0.1) is 34.3 Å². The van der Waals surface area contributed by atoms with Crippen molar-refractivity contribution in [2.24, 2.45) is 4.99 Å². The number of hydrogen-bond acceptors (Lipinski definition) is 11. The first kappa shape index (κ1) is 28.3. The third-order valence-corrected chi connectivity index (χ3v) is 7.00. The van der Waals surface area contributed by atoms with Gasteiger partial charge >= 0.3 is 11.9 Å². The molecule has 3 aliphatic heterocycles. The van der Waals surface area contributed by atoms with E-state index in [-0.39, 0.29) is 49.1 Å². The molecule has 1 atom stereocenters. The van der Waals surface area contributed by atoms with Crippen LogP contribution in [0.4, 0.5) is 11.4 Å². The topological polar surface area (TPSA) is 162 Å². The third-order valence-electron chi connectivity index (χ3n) is 7.00. The highest BCUT2D eigenvalue weighted by molar-refractivity contribution is 6.06. The van der Waals surface area contributed by atoms with Crippen LogP contribution in [0.1, 0.15) is 37.8 Å². The minimum atomic E-state index is -0.948. The molecular formula is C29H29N5O8. The molecule has 0 aromatic heterocycles. The fourth-order valence-corrected chi connectivity index (χ4v) is 5.19. The van der Waals surface area contributed by atoms with E-state index in [1.54, 1.807) is 39.0 Å². The number of carbonyl (C=O) groups excluding carboxylic acids is 3. The molecule has 13 heteroatoms. The number of nitrogens with one attached hydrogen (secondary N) is 2. The van der Waals surface area contributed by atoms with Crippen LogP contribution in [0.3, 0.4) is 0 Å². The molecule has 0 aliphatic carbocycles. The number of nitro groups is 1. The average Bonchev–Trinajstić information content (AvgIpc) is 3.32. The number of benzene rings is 2. The smallest absolute Gasteiger partial charge is 0.336 e. The molecule has 13 nitrogen and oxygen atoms in total. The van der Waals surface area contributed by atoms with Crippen molar-refractivity contribution in [3.63, 3.8) is 0 Å². The number of dihydropyridines is 1. The number of allylic oxidation sites excluding steroid dienone is 2. The Bertz CT molecular complexity index is 1580. The molecule has 2 aromatic rings. The molecule has 1 saturated heterocycles. The van der Waals surface area contributed by atoms with Crippen molar-refractivity contribution in [2.45, 2.75) is 33.2 Å².